The van der Waals surface area contributed by atoms with Crippen LogP contribution in [0.15, 0.2) is 24.8 Å². The number of nitrogens with zero attached hydrogens (tertiary/aromatic N) is 1. The molecule has 3 heteroatoms. The minimum absolute atomic E-state index is 0.914. The highest BCUT2D eigenvalue weighted by Gasteiger charge is 1.91. The van der Waals surface area contributed by atoms with Crippen LogP contribution in [0, 0.1) is 0 Å². The number of allylic oxidation sites excluding steroid dienone is 1. The molecule has 0 aliphatic heterocycles. The van der Waals surface area contributed by atoms with Crippen LogP contribution >= 0.6 is 0 Å². The molecule has 0 aromatic carbocycles. The molecule has 0 atom stereocenters. The first kappa shape index (κ1) is 7.85. The number of rotatable bonds is 4. The fourth-order valence-electron chi connectivity index (χ4n) is 0.832. The zero-order chi connectivity index (χ0) is 8.10. The minimum atomic E-state index is 0.914. The molecule has 0 aliphatic carbocycles. The van der Waals surface area contributed by atoms with E-state index in [1.54, 1.807) is 6.33 Å². The Bertz CT molecular complexity index is 213. The van der Waals surface area contributed by atoms with Gasteiger partial charge in [-0.05, 0) is 6.92 Å². The Morgan fingerprint density at radius 2 is 2.64 bits per heavy atom. The number of hydrogen-bond acceptors (Lipinski definition) is 2. The summed E-state index contributed by atoms with van der Waals surface area (Å²) < 4.78 is 0. The second kappa shape index (κ2) is 3.81. The predicted octanol–water partition coefficient (Wildman–Crippen LogP) is 1.08. The van der Waals surface area contributed by atoms with Gasteiger partial charge in [0.1, 0.15) is 0 Å². The summed E-state index contributed by atoms with van der Waals surface area (Å²) in [7, 11) is 0. The average molecular weight is 151 g/mol. The molecule has 1 heterocycles. The third kappa shape index (κ3) is 2.89. The maximum atomic E-state index is 3.91. The Morgan fingerprint density at radius 3 is 3.18 bits per heavy atom. The molecule has 60 valence electrons. The van der Waals surface area contributed by atoms with Gasteiger partial charge in [0.25, 0.3) is 0 Å². The number of hydrogen-bond donors (Lipinski definition) is 2. The first-order valence-electron chi connectivity index (χ1n) is 3.65. The predicted molar refractivity (Wildman–Crippen MR) is 45.1 cm³/mol. The molecule has 11 heavy (non-hydrogen) atoms. The van der Waals surface area contributed by atoms with Crippen molar-refractivity contribution in [2.75, 3.05) is 6.54 Å². The number of imidazole rings is 1. The van der Waals surface area contributed by atoms with Gasteiger partial charge in [0.15, 0.2) is 0 Å². The highest BCUT2D eigenvalue weighted by Crippen LogP contribution is 1.91. The molecular weight excluding hydrogens is 138 g/mol. The molecule has 0 fully saturated rings. The van der Waals surface area contributed by atoms with Crippen molar-refractivity contribution in [3.05, 3.63) is 30.5 Å². The van der Waals surface area contributed by atoms with E-state index < -0.39 is 0 Å². The smallest absolute Gasteiger partial charge is 0.0921 e. The molecule has 0 spiro atoms. The van der Waals surface area contributed by atoms with Crippen LogP contribution in [0.5, 0.6) is 0 Å². The lowest BCUT2D eigenvalue weighted by molar-refractivity contribution is 0.780. The molecule has 0 saturated heterocycles. The third-order valence-corrected chi connectivity index (χ3v) is 1.38. The van der Waals surface area contributed by atoms with Crippen molar-refractivity contribution in [3.63, 3.8) is 0 Å². The van der Waals surface area contributed by atoms with E-state index in [-0.39, 0.29) is 0 Å². The Hall–Kier alpha value is -1.25. The van der Waals surface area contributed by atoms with E-state index >= 15 is 0 Å². The standard InChI is InChI=1S/C8H13N3/c1-7(2)10-4-3-8-5-9-6-11-8/h5-6,10H,1,3-4H2,2H3,(H,9,11). The Labute approximate surface area is 66.5 Å². The summed E-state index contributed by atoms with van der Waals surface area (Å²) in [5, 5.41) is 3.14. The van der Waals surface area contributed by atoms with Crippen molar-refractivity contribution in [3.8, 4) is 0 Å². The maximum absolute atomic E-state index is 3.91. The molecule has 1 aromatic rings. The van der Waals surface area contributed by atoms with E-state index in [1.165, 1.54) is 0 Å². The van der Waals surface area contributed by atoms with Gasteiger partial charge in [-0.15, -0.1) is 0 Å². The van der Waals surface area contributed by atoms with E-state index in [2.05, 4.69) is 21.9 Å². The van der Waals surface area contributed by atoms with Crippen molar-refractivity contribution >= 4 is 0 Å². The molecule has 3 nitrogen and oxygen atoms in total. The van der Waals surface area contributed by atoms with Crippen molar-refractivity contribution in [2.45, 2.75) is 13.3 Å². The molecule has 1 rings (SSSR count). The Balaban J connectivity index is 2.19. The first-order valence-corrected chi connectivity index (χ1v) is 3.65. The summed E-state index contributed by atoms with van der Waals surface area (Å²) in [6.45, 7) is 6.60. The quantitative estimate of drug-likeness (QED) is 0.676. The van der Waals surface area contributed by atoms with Gasteiger partial charge in [-0.3, -0.25) is 0 Å². The zero-order valence-corrected chi connectivity index (χ0v) is 6.72. The van der Waals surface area contributed by atoms with Crippen molar-refractivity contribution in [1.29, 1.82) is 0 Å². The second-order valence-corrected chi connectivity index (χ2v) is 2.53. The lowest BCUT2D eigenvalue weighted by Gasteiger charge is -2.01. The highest BCUT2D eigenvalue weighted by molar-refractivity contribution is 4.96. The van der Waals surface area contributed by atoms with E-state index in [1.807, 2.05) is 13.1 Å². The summed E-state index contributed by atoms with van der Waals surface area (Å²) in [6.07, 6.45) is 4.49. The first-order chi connectivity index (χ1) is 5.29. The Kier molecular flexibility index (Phi) is 2.72. The fourth-order valence-corrected chi connectivity index (χ4v) is 0.832. The van der Waals surface area contributed by atoms with Gasteiger partial charge in [0.2, 0.25) is 0 Å². The van der Waals surface area contributed by atoms with Crippen LogP contribution < -0.4 is 5.32 Å². The van der Waals surface area contributed by atoms with E-state index in [4.69, 9.17) is 0 Å². The molecule has 0 saturated carbocycles. The SMILES string of the molecule is C=C(C)NCCc1cnc[nH]1. The molecular formula is C8H13N3. The van der Waals surface area contributed by atoms with Gasteiger partial charge in [-0.25, -0.2) is 4.98 Å². The van der Waals surface area contributed by atoms with Gasteiger partial charge in [-0.1, -0.05) is 6.58 Å². The van der Waals surface area contributed by atoms with Crippen LogP contribution in [-0.2, 0) is 6.42 Å². The molecule has 0 amide bonds. The van der Waals surface area contributed by atoms with Crippen molar-refractivity contribution in [1.82, 2.24) is 15.3 Å². The topological polar surface area (TPSA) is 40.7 Å². The lowest BCUT2D eigenvalue weighted by Crippen LogP contribution is -2.13. The van der Waals surface area contributed by atoms with Gasteiger partial charge in [0, 0.05) is 30.6 Å². The molecule has 0 bridgehead atoms. The second-order valence-electron chi connectivity index (χ2n) is 2.53. The Morgan fingerprint density at radius 1 is 1.82 bits per heavy atom. The van der Waals surface area contributed by atoms with Crippen LogP contribution in [-0.4, -0.2) is 16.5 Å². The highest BCUT2D eigenvalue weighted by atomic mass is 14.9. The zero-order valence-electron chi connectivity index (χ0n) is 6.72. The van der Waals surface area contributed by atoms with Crippen LogP contribution in [0.4, 0.5) is 0 Å². The number of H-pyrrole nitrogens is 1. The summed E-state index contributed by atoms with van der Waals surface area (Å²) in [5.74, 6) is 0. The molecule has 0 radical (unpaired) electrons. The maximum Gasteiger partial charge on any atom is 0.0921 e. The monoisotopic (exact) mass is 151 g/mol. The van der Waals surface area contributed by atoms with Crippen LogP contribution in [0.25, 0.3) is 0 Å². The van der Waals surface area contributed by atoms with Crippen LogP contribution in [0.3, 0.4) is 0 Å². The normalized spacial score (nSPS) is 9.55. The summed E-state index contributed by atoms with van der Waals surface area (Å²) in [4.78, 5) is 6.94. The van der Waals surface area contributed by atoms with Crippen molar-refractivity contribution in [2.24, 2.45) is 0 Å². The molecule has 0 aliphatic rings. The van der Waals surface area contributed by atoms with E-state index in [0.29, 0.717) is 0 Å². The summed E-state index contributed by atoms with van der Waals surface area (Å²) in [6, 6.07) is 0. The average Bonchev–Trinajstić information content (AvgIpc) is 2.39. The molecule has 1 aromatic heterocycles. The largest absolute Gasteiger partial charge is 0.389 e. The molecule has 2 N–H and O–H groups in total. The van der Waals surface area contributed by atoms with Gasteiger partial charge in [-0.2, -0.15) is 0 Å². The minimum Gasteiger partial charge on any atom is -0.389 e. The van der Waals surface area contributed by atoms with E-state index in [9.17, 15) is 0 Å². The van der Waals surface area contributed by atoms with Crippen LogP contribution in [0.2, 0.25) is 0 Å². The van der Waals surface area contributed by atoms with Crippen molar-refractivity contribution < 1.29 is 0 Å². The molecule has 0 unspecified atom stereocenters. The van der Waals surface area contributed by atoms with Gasteiger partial charge < -0.3 is 10.3 Å². The third-order valence-electron chi connectivity index (χ3n) is 1.38. The summed E-state index contributed by atoms with van der Waals surface area (Å²) in [5.41, 5.74) is 2.16. The van der Waals surface area contributed by atoms with Crippen LogP contribution in [0.1, 0.15) is 12.6 Å². The number of nitrogens with one attached hydrogen (secondary N) is 2. The lowest BCUT2D eigenvalue weighted by atomic mass is 10.3. The van der Waals surface area contributed by atoms with Gasteiger partial charge in [0.05, 0.1) is 6.33 Å². The number of aromatic amines is 1. The number of aromatic nitrogens is 2. The van der Waals surface area contributed by atoms with Gasteiger partial charge >= 0.3 is 0 Å². The summed E-state index contributed by atoms with van der Waals surface area (Å²) >= 11 is 0. The van der Waals surface area contributed by atoms with E-state index in [0.717, 1.165) is 24.4 Å². The fraction of sp³-hybridized carbons (Fsp3) is 0.375.